The lowest BCUT2D eigenvalue weighted by molar-refractivity contribution is 0.166. The Morgan fingerprint density at radius 1 is 0.824 bits per heavy atom. The first-order valence-electron chi connectivity index (χ1n) is 7.08. The first-order valence-corrected chi connectivity index (χ1v) is 10.4. The monoisotopic (exact) mass is 324 g/mol. The van der Waals surface area contributed by atoms with Crippen molar-refractivity contribution >= 4 is 24.5 Å². The van der Waals surface area contributed by atoms with Crippen molar-refractivity contribution in [3.63, 3.8) is 0 Å². The lowest BCUT2D eigenvalue weighted by Gasteiger charge is -2.30. The maximum absolute atomic E-state index is 6.18. The van der Waals surface area contributed by atoms with Crippen molar-refractivity contribution in [1.82, 2.24) is 0 Å². The quantitative estimate of drug-likeness (QED) is 0.376. The third-order valence-electron chi connectivity index (χ3n) is 2.74. The van der Waals surface area contributed by atoms with Crippen molar-refractivity contribution in [2.24, 2.45) is 0 Å². The second kappa shape index (κ2) is 11.7. The van der Waals surface area contributed by atoms with Crippen LogP contribution < -0.4 is 0 Å². The molecule has 17 heavy (non-hydrogen) atoms. The van der Waals surface area contributed by atoms with Gasteiger partial charge in [0.15, 0.2) is 0 Å². The van der Waals surface area contributed by atoms with Crippen molar-refractivity contribution < 1.29 is 8.85 Å². The van der Waals surface area contributed by atoms with Gasteiger partial charge in [-0.2, -0.15) is 0 Å². The summed E-state index contributed by atoms with van der Waals surface area (Å²) in [5, 5.41) is 1.05. The fourth-order valence-corrected chi connectivity index (χ4v) is 6.28. The highest BCUT2D eigenvalue weighted by Crippen LogP contribution is 2.25. The molecule has 0 aromatic rings. The largest absolute Gasteiger partial charge is 0.394 e. The maximum atomic E-state index is 6.18. The Morgan fingerprint density at radius 3 is 1.76 bits per heavy atom. The summed E-state index contributed by atoms with van der Waals surface area (Å²) < 4.78 is 12.4. The fraction of sp³-hybridized carbons (Fsp3) is 1.00. The van der Waals surface area contributed by atoms with Gasteiger partial charge in [-0.25, -0.2) is 0 Å². The molecule has 0 saturated carbocycles. The second-order valence-corrected chi connectivity index (χ2v) is 8.70. The van der Waals surface area contributed by atoms with Crippen LogP contribution in [0.2, 0.25) is 12.1 Å². The molecule has 0 aliphatic carbocycles. The molecule has 0 N–H and O–H groups in total. The van der Waals surface area contributed by atoms with E-state index in [0.717, 1.165) is 43.5 Å². The molecule has 2 nitrogen and oxygen atoms in total. The van der Waals surface area contributed by atoms with E-state index in [1.807, 2.05) is 0 Å². The van der Waals surface area contributed by atoms with E-state index in [1.54, 1.807) is 0 Å². The molecule has 0 saturated heterocycles. The molecule has 0 aromatic carbocycles. The molecule has 4 heteroatoms. The number of halogens is 1. The number of rotatable bonds is 12. The molecule has 0 unspecified atom stereocenters. The van der Waals surface area contributed by atoms with Crippen LogP contribution in [0, 0.1) is 0 Å². The average molecular weight is 325 g/mol. The van der Waals surface area contributed by atoms with Crippen LogP contribution in [-0.2, 0) is 8.85 Å². The van der Waals surface area contributed by atoms with Crippen molar-refractivity contribution in [1.29, 1.82) is 0 Å². The highest BCUT2D eigenvalue weighted by Gasteiger charge is 2.35. The van der Waals surface area contributed by atoms with Crippen molar-refractivity contribution in [3.8, 4) is 0 Å². The molecule has 0 heterocycles. The van der Waals surface area contributed by atoms with Crippen molar-refractivity contribution in [2.75, 3.05) is 18.5 Å². The molecule has 0 rings (SSSR count). The standard InChI is InChI=1S/C13H29BrO2Si/c1-4-7-12-17(13-8-9-14,15-10-5-2)16-11-6-3/h4-13H2,1-3H3. The molecule has 0 amide bonds. The zero-order chi connectivity index (χ0) is 13.0. The maximum Gasteiger partial charge on any atom is 0.338 e. The molecule has 0 aromatic heterocycles. The number of hydrogen-bond acceptors (Lipinski definition) is 2. The molecule has 0 aliphatic heterocycles. The van der Waals surface area contributed by atoms with Gasteiger partial charge in [0.2, 0.25) is 0 Å². The van der Waals surface area contributed by atoms with E-state index in [0.29, 0.717) is 0 Å². The van der Waals surface area contributed by atoms with Crippen LogP contribution in [0.3, 0.4) is 0 Å². The van der Waals surface area contributed by atoms with Gasteiger partial charge in [-0.15, -0.1) is 0 Å². The summed E-state index contributed by atoms with van der Waals surface area (Å²) in [7, 11) is -1.91. The molecule has 104 valence electrons. The minimum atomic E-state index is -1.91. The summed E-state index contributed by atoms with van der Waals surface area (Å²) in [5.41, 5.74) is 0. The molecule has 0 atom stereocenters. The molecular formula is C13H29BrO2Si. The molecule has 0 spiro atoms. The van der Waals surface area contributed by atoms with Gasteiger partial charge in [-0.05, 0) is 31.4 Å². The van der Waals surface area contributed by atoms with E-state index in [2.05, 4.69) is 36.7 Å². The van der Waals surface area contributed by atoms with E-state index in [4.69, 9.17) is 8.85 Å². The third kappa shape index (κ3) is 8.35. The van der Waals surface area contributed by atoms with Crippen LogP contribution in [0.4, 0.5) is 0 Å². The number of unbranched alkanes of at least 4 members (excludes halogenated alkanes) is 1. The third-order valence-corrected chi connectivity index (χ3v) is 6.99. The smallest absolute Gasteiger partial charge is 0.338 e. The Labute approximate surface area is 117 Å². The SMILES string of the molecule is CCCC[Si](CCCBr)(OCCC)OCCC. The highest BCUT2D eigenvalue weighted by atomic mass is 79.9. The highest BCUT2D eigenvalue weighted by molar-refractivity contribution is 9.09. The summed E-state index contributed by atoms with van der Waals surface area (Å²) in [4.78, 5) is 0. The van der Waals surface area contributed by atoms with Gasteiger partial charge in [-0.1, -0.05) is 49.5 Å². The zero-order valence-corrected chi connectivity index (χ0v) is 14.4. The van der Waals surface area contributed by atoms with E-state index < -0.39 is 8.56 Å². The Hall–Kier alpha value is 0.617. The Bertz CT molecular complexity index is 130. The normalized spacial score (nSPS) is 12.0. The Morgan fingerprint density at radius 2 is 1.35 bits per heavy atom. The van der Waals surface area contributed by atoms with Crippen LogP contribution in [0.5, 0.6) is 0 Å². The molecule has 0 fully saturated rings. The predicted molar refractivity (Wildman–Crippen MR) is 81.2 cm³/mol. The molecule has 0 bridgehead atoms. The summed E-state index contributed by atoms with van der Waals surface area (Å²) in [6.07, 6.45) is 5.81. The summed E-state index contributed by atoms with van der Waals surface area (Å²) in [6, 6.07) is 2.30. The van der Waals surface area contributed by atoms with Gasteiger partial charge in [0.1, 0.15) is 0 Å². The second-order valence-electron chi connectivity index (χ2n) is 4.50. The van der Waals surface area contributed by atoms with Crippen LogP contribution in [0.25, 0.3) is 0 Å². The van der Waals surface area contributed by atoms with E-state index in [1.165, 1.54) is 19.3 Å². The predicted octanol–water partition coefficient (Wildman–Crippen LogP) is 4.87. The Balaban J connectivity index is 4.39. The van der Waals surface area contributed by atoms with Gasteiger partial charge in [-0.3, -0.25) is 0 Å². The van der Waals surface area contributed by atoms with Gasteiger partial charge in [0, 0.05) is 18.5 Å². The van der Waals surface area contributed by atoms with Crippen LogP contribution in [0.1, 0.15) is 52.9 Å². The van der Waals surface area contributed by atoms with Crippen LogP contribution in [0.15, 0.2) is 0 Å². The summed E-state index contributed by atoms with van der Waals surface area (Å²) in [6.45, 7) is 8.31. The summed E-state index contributed by atoms with van der Waals surface area (Å²) in [5.74, 6) is 0. The van der Waals surface area contributed by atoms with Crippen LogP contribution >= 0.6 is 15.9 Å². The minimum absolute atomic E-state index is 0.863. The van der Waals surface area contributed by atoms with Crippen molar-refractivity contribution in [2.45, 2.75) is 65.0 Å². The average Bonchev–Trinajstić information content (AvgIpc) is 2.37. The van der Waals surface area contributed by atoms with Crippen LogP contribution in [-0.4, -0.2) is 27.1 Å². The van der Waals surface area contributed by atoms with E-state index in [9.17, 15) is 0 Å². The molecule has 0 aliphatic rings. The number of hydrogen-bond donors (Lipinski definition) is 0. The zero-order valence-electron chi connectivity index (χ0n) is 11.8. The number of alkyl halides is 1. The van der Waals surface area contributed by atoms with E-state index >= 15 is 0 Å². The van der Waals surface area contributed by atoms with Crippen molar-refractivity contribution in [3.05, 3.63) is 0 Å². The van der Waals surface area contributed by atoms with Gasteiger partial charge >= 0.3 is 8.56 Å². The van der Waals surface area contributed by atoms with E-state index in [-0.39, 0.29) is 0 Å². The summed E-state index contributed by atoms with van der Waals surface area (Å²) >= 11 is 3.52. The lowest BCUT2D eigenvalue weighted by Crippen LogP contribution is -2.42. The Kier molecular flexibility index (Phi) is 12.1. The molecular weight excluding hydrogens is 296 g/mol. The first kappa shape index (κ1) is 17.6. The minimum Gasteiger partial charge on any atom is -0.394 e. The van der Waals surface area contributed by atoms with Gasteiger partial charge in [0.05, 0.1) is 0 Å². The lowest BCUT2D eigenvalue weighted by atomic mass is 10.4. The molecule has 0 radical (unpaired) electrons. The topological polar surface area (TPSA) is 18.5 Å². The first-order chi connectivity index (χ1) is 8.24. The van der Waals surface area contributed by atoms with Gasteiger partial charge in [0.25, 0.3) is 0 Å². The fourth-order valence-electron chi connectivity index (χ4n) is 1.81. The van der Waals surface area contributed by atoms with Gasteiger partial charge < -0.3 is 8.85 Å².